The van der Waals surface area contributed by atoms with E-state index in [9.17, 15) is 14.4 Å². The summed E-state index contributed by atoms with van der Waals surface area (Å²) in [4.78, 5) is 42.9. The molecular formula is C15H17N3O3. The third-order valence-electron chi connectivity index (χ3n) is 3.96. The molecule has 0 fully saturated rings. The Balaban J connectivity index is 2.48. The van der Waals surface area contributed by atoms with Crippen molar-refractivity contribution in [3.63, 3.8) is 0 Å². The Kier molecular flexibility index (Phi) is 3.04. The van der Waals surface area contributed by atoms with Gasteiger partial charge in [-0.3, -0.25) is 19.1 Å². The zero-order chi connectivity index (χ0) is 15.3. The van der Waals surface area contributed by atoms with Crippen molar-refractivity contribution in [2.45, 2.75) is 39.7 Å². The molecule has 0 spiro atoms. The van der Waals surface area contributed by atoms with Crippen molar-refractivity contribution < 1.29 is 4.79 Å². The summed E-state index contributed by atoms with van der Waals surface area (Å²) >= 11 is 0. The number of aromatic nitrogens is 3. The number of hydrogen-bond acceptors (Lipinski definition) is 4. The second-order valence-corrected chi connectivity index (χ2v) is 6.01. The molecule has 110 valence electrons. The first-order valence-corrected chi connectivity index (χ1v) is 7.09. The largest absolute Gasteiger partial charge is 0.330 e. The summed E-state index contributed by atoms with van der Waals surface area (Å²) in [5.41, 5.74) is 0.669. The number of ketones is 1. The monoisotopic (exact) mass is 287 g/mol. The molecule has 0 aliphatic heterocycles. The highest BCUT2D eigenvalue weighted by molar-refractivity contribution is 6.02. The molecule has 0 unspecified atom stereocenters. The van der Waals surface area contributed by atoms with E-state index in [-0.39, 0.29) is 17.7 Å². The molecule has 3 rings (SSSR count). The van der Waals surface area contributed by atoms with E-state index in [1.54, 1.807) is 0 Å². The van der Waals surface area contributed by atoms with Crippen molar-refractivity contribution in [3.05, 3.63) is 38.2 Å². The van der Waals surface area contributed by atoms with Crippen molar-refractivity contribution in [1.29, 1.82) is 0 Å². The first-order valence-electron chi connectivity index (χ1n) is 7.09. The smallest absolute Gasteiger partial charge is 0.294 e. The average Bonchev–Trinajstić information content (AvgIpc) is 2.36. The average molecular weight is 287 g/mol. The standard InChI is InChI=1S/C15H17N3O3/c1-7(2)18-13-12(14(20)17-15(18)21)9-4-8(3)5-11(19)10(9)6-16-13/h6-8H,4-5H2,1-3H3,(H,17,20,21)/t8-/m1/s1. The molecule has 1 atom stereocenters. The number of carbonyl (C=O) groups excluding carboxylic acids is 1. The van der Waals surface area contributed by atoms with Gasteiger partial charge in [-0.25, -0.2) is 9.78 Å². The van der Waals surface area contributed by atoms with E-state index < -0.39 is 11.2 Å². The highest BCUT2D eigenvalue weighted by atomic mass is 16.2. The van der Waals surface area contributed by atoms with Gasteiger partial charge < -0.3 is 0 Å². The fraction of sp³-hybridized carbons (Fsp3) is 0.467. The summed E-state index contributed by atoms with van der Waals surface area (Å²) in [6.07, 6.45) is 2.63. The Morgan fingerprint density at radius 3 is 2.67 bits per heavy atom. The lowest BCUT2D eigenvalue weighted by Crippen LogP contribution is -2.33. The molecule has 21 heavy (non-hydrogen) atoms. The van der Waals surface area contributed by atoms with E-state index in [4.69, 9.17) is 0 Å². The number of nitrogens with zero attached hydrogens (tertiary/aromatic N) is 2. The molecule has 2 aromatic rings. The fourth-order valence-electron chi connectivity index (χ4n) is 3.05. The molecule has 2 aromatic heterocycles. The summed E-state index contributed by atoms with van der Waals surface area (Å²) < 4.78 is 1.46. The Labute approximate surface area is 120 Å². The first kappa shape index (κ1) is 13.7. The molecule has 0 amide bonds. The van der Waals surface area contributed by atoms with Gasteiger partial charge in [-0.05, 0) is 31.7 Å². The minimum Gasteiger partial charge on any atom is -0.294 e. The highest BCUT2D eigenvalue weighted by Crippen LogP contribution is 2.28. The minimum atomic E-state index is -0.467. The molecular weight excluding hydrogens is 270 g/mol. The highest BCUT2D eigenvalue weighted by Gasteiger charge is 2.27. The van der Waals surface area contributed by atoms with Crippen molar-refractivity contribution >= 4 is 16.8 Å². The van der Waals surface area contributed by atoms with Crippen LogP contribution in [0, 0.1) is 5.92 Å². The number of fused-ring (bicyclic) bond motifs is 3. The number of Topliss-reactive ketones (excluding diaryl/α,β-unsaturated/α-hetero) is 1. The number of pyridine rings is 1. The molecule has 6 heteroatoms. The lowest BCUT2D eigenvalue weighted by Gasteiger charge is -2.22. The Morgan fingerprint density at radius 2 is 2.00 bits per heavy atom. The van der Waals surface area contributed by atoms with Crippen LogP contribution in [0.2, 0.25) is 0 Å². The zero-order valence-corrected chi connectivity index (χ0v) is 12.3. The van der Waals surface area contributed by atoms with E-state index in [0.29, 0.717) is 29.4 Å². The van der Waals surface area contributed by atoms with Gasteiger partial charge in [-0.2, -0.15) is 0 Å². The van der Waals surface area contributed by atoms with Crippen LogP contribution in [0.25, 0.3) is 11.0 Å². The van der Waals surface area contributed by atoms with Gasteiger partial charge in [0, 0.05) is 24.2 Å². The number of carbonyl (C=O) groups is 1. The topological polar surface area (TPSA) is 84.8 Å². The van der Waals surface area contributed by atoms with Crippen LogP contribution in [-0.4, -0.2) is 20.3 Å². The van der Waals surface area contributed by atoms with Crippen LogP contribution < -0.4 is 11.2 Å². The number of hydrogen-bond donors (Lipinski definition) is 1. The predicted molar refractivity (Wildman–Crippen MR) is 78.8 cm³/mol. The van der Waals surface area contributed by atoms with Gasteiger partial charge >= 0.3 is 5.69 Å². The van der Waals surface area contributed by atoms with Gasteiger partial charge in [0.1, 0.15) is 5.65 Å². The zero-order valence-electron chi connectivity index (χ0n) is 12.3. The Hall–Kier alpha value is -2.24. The van der Waals surface area contributed by atoms with E-state index in [2.05, 4.69) is 9.97 Å². The van der Waals surface area contributed by atoms with Gasteiger partial charge in [0.15, 0.2) is 5.78 Å². The van der Waals surface area contributed by atoms with E-state index in [1.165, 1.54) is 10.8 Å². The molecule has 1 aliphatic carbocycles. The molecule has 6 nitrogen and oxygen atoms in total. The number of rotatable bonds is 1. The molecule has 0 aromatic carbocycles. The van der Waals surface area contributed by atoms with Crippen molar-refractivity contribution in [3.8, 4) is 0 Å². The maximum Gasteiger partial charge on any atom is 0.330 e. The quantitative estimate of drug-likeness (QED) is 0.859. The van der Waals surface area contributed by atoms with Gasteiger partial charge in [0.05, 0.1) is 5.39 Å². The SMILES string of the molecule is CC(C)n1c(=O)[nH]c(=O)c2c3c(cnc21)C(=O)C[C@H](C)C3. The second kappa shape index (κ2) is 4.65. The van der Waals surface area contributed by atoms with Gasteiger partial charge in [-0.15, -0.1) is 0 Å². The van der Waals surface area contributed by atoms with E-state index in [1.807, 2.05) is 20.8 Å². The summed E-state index contributed by atoms with van der Waals surface area (Å²) in [5.74, 6) is 0.203. The molecule has 0 saturated carbocycles. The molecule has 2 heterocycles. The summed E-state index contributed by atoms with van der Waals surface area (Å²) in [5, 5.41) is 0.376. The second-order valence-electron chi connectivity index (χ2n) is 6.01. The molecule has 1 N–H and O–H groups in total. The molecule has 0 radical (unpaired) electrons. The fourth-order valence-corrected chi connectivity index (χ4v) is 3.05. The van der Waals surface area contributed by atoms with Crippen LogP contribution in [0.1, 0.15) is 49.2 Å². The van der Waals surface area contributed by atoms with Gasteiger partial charge in [-0.1, -0.05) is 6.92 Å². The van der Waals surface area contributed by atoms with E-state index in [0.717, 1.165) is 5.56 Å². The Morgan fingerprint density at radius 1 is 1.29 bits per heavy atom. The summed E-state index contributed by atoms with van der Waals surface area (Å²) in [6, 6.07) is -0.126. The van der Waals surface area contributed by atoms with Crippen LogP contribution in [0.15, 0.2) is 15.8 Å². The molecule has 0 saturated heterocycles. The maximum absolute atomic E-state index is 12.2. The molecule has 0 bridgehead atoms. The first-order chi connectivity index (χ1) is 9.90. The van der Waals surface area contributed by atoms with Crippen LogP contribution in [0.4, 0.5) is 0 Å². The third kappa shape index (κ3) is 2.02. The number of nitrogens with one attached hydrogen (secondary N) is 1. The Bertz CT molecular complexity index is 861. The lowest BCUT2D eigenvalue weighted by atomic mass is 9.84. The maximum atomic E-state index is 12.2. The third-order valence-corrected chi connectivity index (χ3v) is 3.96. The van der Waals surface area contributed by atoms with Crippen LogP contribution in [-0.2, 0) is 6.42 Å². The van der Waals surface area contributed by atoms with Crippen LogP contribution >= 0.6 is 0 Å². The van der Waals surface area contributed by atoms with Crippen molar-refractivity contribution in [2.75, 3.05) is 0 Å². The lowest BCUT2D eigenvalue weighted by molar-refractivity contribution is 0.0953. The van der Waals surface area contributed by atoms with Gasteiger partial charge in [0.25, 0.3) is 5.56 Å². The molecule has 1 aliphatic rings. The summed E-state index contributed by atoms with van der Waals surface area (Å²) in [6.45, 7) is 5.70. The minimum absolute atomic E-state index is 0.0137. The summed E-state index contributed by atoms with van der Waals surface area (Å²) in [7, 11) is 0. The van der Waals surface area contributed by atoms with Crippen molar-refractivity contribution in [1.82, 2.24) is 14.5 Å². The normalized spacial score (nSPS) is 18.3. The van der Waals surface area contributed by atoms with Crippen LogP contribution in [0.5, 0.6) is 0 Å². The number of H-pyrrole nitrogens is 1. The number of aromatic amines is 1. The predicted octanol–water partition coefficient (Wildman–Crippen LogP) is 1.43. The van der Waals surface area contributed by atoms with Crippen molar-refractivity contribution in [2.24, 2.45) is 5.92 Å². The van der Waals surface area contributed by atoms with Crippen LogP contribution in [0.3, 0.4) is 0 Å². The van der Waals surface area contributed by atoms with E-state index >= 15 is 0 Å². The van der Waals surface area contributed by atoms with Gasteiger partial charge in [0.2, 0.25) is 0 Å².